The normalized spacial score (nSPS) is 21.8. The maximum Gasteiger partial charge on any atom is 0.273 e. The molecule has 2 aromatic heterocycles. The first-order valence-electron chi connectivity index (χ1n) is 8.87. The van der Waals surface area contributed by atoms with Crippen molar-refractivity contribution < 1.29 is 14.1 Å². The molecule has 4 rings (SSSR count). The van der Waals surface area contributed by atoms with Crippen LogP contribution in [0.3, 0.4) is 0 Å². The first kappa shape index (κ1) is 16.7. The van der Waals surface area contributed by atoms with Crippen LogP contribution in [0, 0.1) is 5.92 Å². The van der Waals surface area contributed by atoms with Crippen LogP contribution in [0.25, 0.3) is 0 Å². The summed E-state index contributed by atoms with van der Waals surface area (Å²) in [6.45, 7) is 3.14. The van der Waals surface area contributed by atoms with Gasteiger partial charge in [-0.1, -0.05) is 5.16 Å². The lowest BCUT2D eigenvalue weighted by Crippen LogP contribution is -2.28. The summed E-state index contributed by atoms with van der Waals surface area (Å²) in [4.78, 5) is 22.9. The first-order chi connectivity index (χ1) is 12.3. The molecule has 0 bridgehead atoms. The fraction of sp³-hybridized carbons (Fsp3) is 0.647. The van der Waals surface area contributed by atoms with Gasteiger partial charge in [0.05, 0.1) is 5.51 Å². The summed E-state index contributed by atoms with van der Waals surface area (Å²) >= 11 is 1.46. The van der Waals surface area contributed by atoms with Crippen LogP contribution < -0.4 is 0 Å². The lowest BCUT2D eigenvalue weighted by Gasteiger charge is -2.17. The largest absolute Gasteiger partial charge is 0.381 e. The Kier molecular flexibility index (Phi) is 5.07. The lowest BCUT2D eigenvalue weighted by molar-refractivity contribution is 0.0778. The van der Waals surface area contributed by atoms with Crippen LogP contribution in [0.5, 0.6) is 0 Å². The van der Waals surface area contributed by atoms with Gasteiger partial charge in [0.2, 0.25) is 5.89 Å². The summed E-state index contributed by atoms with van der Waals surface area (Å²) in [6, 6.07) is 0. The summed E-state index contributed by atoms with van der Waals surface area (Å²) in [7, 11) is 0. The van der Waals surface area contributed by atoms with Crippen molar-refractivity contribution in [3.05, 3.63) is 28.3 Å². The highest BCUT2D eigenvalue weighted by Crippen LogP contribution is 2.26. The number of ether oxygens (including phenoxy) is 1. The molecular weight excluding hydrogens is 340 g/mol. The van der Waals surface area contributed by atoms with Crippen molar-refractivity contribution in [1.82, 2.24) is 20.0 Å². The average Bonchev–Trinajstić information content (AvgIpc) is 3.41. The zero-order valence-electron chi connectivity index (χ0n) is 14.1. The molecule has 2 aromatic rings. The van der Waals surface area contributed by atoms with Crippen LogP contribution in [0.4, 0.5) is 0 Å². The van der Waals surface area contributed by atoms with Crippen LogP contribution in [-0.4, -0.2) is 52.2 Å². The molecule has 2 aliphatic heterocycles. The third-order valence-electron chi connectivity index (χ3n) is 5.06. The number of carbonyl (C=O) groups excluding carboxylic acids is 1. The van der Waals surface area contributed by atoms with Crippen molar-refractivity contribution in [2.24, 2.45) is 5.92 Å². The third-order valence-corrected chi connectivity index (χ3v) is 5.64. The summed E-state index contributed by atoms with van der Waals surface area (Å²) in [6.07, 6.45) is 4.72. The van der Waals surface area contributed by atoms with Gasteiger partial charge in [-0.15, -0.1) is 11.3 Å². The highest BCUT2D eigenvalue weighted by molar-refractivity contribution is 7.07. The second kappa shape index (κ2) is 7.61. The molecular formula is C17H22N4O3S. The van der Waals surface area contributed by atoms with Gasteiger partial charge < -0.3 is 14.2 Å². The number of nitrogens with zero attached hydrogens (tertiary/aromatic N) is 4. The Morgan fingerprint density at radius 1 is 1.32 bits per heavy atom. The number of hydrogen-bond acceptors (Lipinski definition) is 7. The Hall–Kier alpha value is -1.80. The second-order valence-electron chi connectivity index (χ2n) is 6.75. The van der Waals surface area contributed by atoms with E-state index in [0.29, 0.717) is 17.5 Å². The molecule has 2 fully saturated rings. The van der Waals surface area contributed by atoms with Crippen LogP contribution in [0.2, 0.25) is 0 Å². The van der Waals surface area contributed by atoms with E-state index in [1.807, 2.05) is 10.3 Å². The topological polar surface area (TPSA) is 81.4 Å². The average molecular weight is 362 g/mol. The van der Waals surface area contributed by atoms with E-state index in [0.717, 1.165) is 70.1 Å². The molecule has 0 saturated carbocycles. The maximum absolute atomic E-state index is 12.3. The predicted molar refractivity (Wildman–Crippen MR) is 91.5 cm³/mol. The molecule has 1 amide bonds. The third kappa shape index (κ3) is 3.90. The van der Waals surface area contributed by atoms with Crippen LogP contribution in [-0.2, 0) is 11.2 Å². The minimum absolute atomic E-state index is 0.0464. The number of amides is 1. The van der Waals surface area contributed by atoms with Gasteiger partial charge in [0.25, 0.3) is 5.91 Å². The van der Waals surface area contributed by atoms with E-state index in [4.69, 9.17) is 9.26 Å². The van der Waals surface area contributed by atoms with E-state index >= 15 is 0 Å². The number of hydrogen-bond donors (Lipinski definition) is 0. The lowest BCUT2D eigenvalue weighted by atomic mass is 10.0. The molecule has 0 spiro atoms. The molecule has 7 nitrogen and oxygen atoms in total. The van der Waals surface area contributed by atoms with Gasteiger partial charge in [-0.05, 0) is 31.6 Å². The summed E-state index contributed by atoms with van der Waals surface area (Å²) < 4.78 is 10.8. The highest BCUT2D eigenvalue weighted by atomic mass is 32.1. The first-order valence-corrected chi connectivity index (χ1v) is 9.81. The van der Waals surface area contributed by atoms with Crippen LogP contribution in [0.15, 0.2) is 15.4 Å². The Labute approximate surface area is 150 Å². The van der Waals surface area contributed by atoms with Crippen molar-refractivity contribution >= 4 is 17.2 Å². The summed E-state index contributed by atoms with van der Waals surface area (Å²) in [5, 5.41) is 5.94. The number of rotatable bonds is 5. The zero-order valence-corrected chi connectivity index (χ0v) is 14.9. The van der Waals surface area contributed by atoms with Crippen molar-refractivity contribution in [2.45, 2.75) is 38.0 Å². The Morgan fingerprint density at radius 2 is 2.20 bits per heavy atom. The van der Waals surface area contributed by atoms with Gasteiger partial charge in [-0.2, -0.15) is 4.98 Å². The fourth-order valence-corrected chi connectivity index (χ4v) is 4.07. The molecule has 25 heavy (non-hydrogen) atoms. The Morgan fingerprint density at radius 3 is 3.00 bits per heavy atom. The number of thiazole rings is 1. The molecule has 0 radical (unpaired) electrons. The van der Waals surface area contributed by atoms with Gasteiger partial charge in [-0.25, -0.2) is 4.98 Å². The van der Waals surface area contributed by atoms with Crippen LogP contribution >= 0.6 is 11.3 Å². The quantitative estimate of drug-likeness (QED) is 0.813. The van der Waals surface area contributed by atoms with E-state index < -0.39 is 0 Å². The Balaban J connectivity index is 1.26. The standard InChI is InChI=1S/C17H22N4O3S/c22-17(14-10-25-11-18-14)21-6-3-12(9-21)1-2-15-19-16(24-20-15)13-4-7-23-8-5-13/h10-13H,1-9H2. The highest BCUT2D eigenvalue weighted by Gasteiger charge is 2.28. The SMILES string of the molecule is O=C(c1cscn1)N1CCC(CCc2noc(C3CCOCC3)n2)C1. The molecule has 8 heteroatoms. The second-order valence-corrected chi connectivity index (χ2v) is 7.47. The van der Waals surface area contributed by atoms with E-state index in [9.17, 15) is 4.79 Å². The van der Waals surface area contributed by atoms with E-state index in [-0.39, 0.29) is 5.91 Å². The van der Waals surface area contributed by atoms with E-state index in [1.165, 1.54) is 11.3 Å². The number of aromatic nitrogens is 3. The summed E-state index contributed by atoms with van der Waals surface area (Å²) in [5.41, 5.74) is 2.26. The monoisotopic (exact) mass is 362 g/mol. The molecule has 1 atom stereocenters. The van der Waals surface area contributed by atoms with Crippen LogP contribution in [0.1, 0.15) is 53.8 Å². The Bertz CT molecular complexity index is 697. The molecule has 0 aromatic carbocycles. The van der Waals surface area contributed by atoms with Crippen molar-refractivity contribution in [3.63, 3.8) is 0 Å². The smallest absolute Gasteiger partial charge is 0.273 e. The van der Waals surface area contributed by atoms with Gasteiger partial charge in [0.15, 0.2) is 5.82 Å². The summed E-state index contributed by atoms with van der Waals surface area (Å²) in [5.74, 6) is 2.42. The van der Waals surface area contributed by atoms with Gasteiger partial charge in [0.1, 0.15) is 5.69 Å². The van der Waals surface area contributed by atoms with Crippen molar-refractivity contribution in [3.8, 4) is 0 Å². The molecule has 1 unspecified atom stereocenters. The van der Waals surface area contributed by atoms with Gasteiger partial charge in [-0.3, -0.25) is 4.79 Å². The van der Waals surface area contributed by atoms with Gasteiger partial charge in [0, 0.05) is 44.0 Å². The van der Waals surface area contributed by atoms with Crippen molar-refractivity contribution in [2.75, 3.05) is 26.3 Å². The minimum atomic E-state index is 0.0464. The minimum Gasteiger partial charge on any atom is -0.381 e. The molecule has 0 aliphatic carbocycles. The molecule has 4 heterocycles. The number of likely N-dealkylation sites (tertiary alicyclic amines) is 1. The van der Waals surface area contributed by atoms with Gasteiger partial charge >= 0.3 is 0 Å². The molecule has 2 aliphatic rings. The van der Waals surface area contributed by atoms with E-state index in [1.54, 1.807) is 5.51 Å². The zero-order chi connectivity index (χ0) is 17.1. The molecule has 0 N–H and O–H groups in total. The maximum atomic E-state index is 12.3. The predicted octanol–water partition coefficient (Wildman–Crippen LogP) is 2.52. The number of carbonyl (C=O) groups is 1. The van der Waals surface area contributed by atoms with Crippen molar-refractivity contribution in [1.29, 1.82) is 0 Å². The molecule has 2 saturated heterocycles. The fourth-order valence-electron chi connectivity index (χ4n) is 3.55. The van der Waals surface area contributed by atoms with E-state index in [2.05, 4.69) is 15.1 Å². The molecule has 134 valence electrons. The number of aryl methyl sites for hydroxylation is 1.